The lowest BCUT2D eigenvalue weighted by Crippen LogP contribution is -2.41. The van der Waals surface area contributed by atoms with Crippen molar-refractivity contribution in [3.8, 4) is 0 Å². The molecule has 4 aromatic rings. The molecule has 0 saturated heterocycles. The van der Waals surface area contributed by atoms with Crippen molar-refractivity contribution in [1.29, 1.82) is 0 Å². The predicted octanol–water partition coefficient (Wildman–Crippen LogP) is 5.40. The van der Waals surface area contributed by atoms with Gasteiger partial charge in [-0.25, -0.2) is 0 Å². The van der Waals surface area contributed by atoms with Gasteiger partial charge in [-0.1, -0.05) is 135 Å². The average Bonchev–Trinajstić information content (AvgIpc) is 2.92. The molecule has 0 fully saturated rings. The summed E-state index contributed by atoms with van der Waals surface area (Å²) in [6, 6.07) is 37.6. The van der Waals surface area contributed by atoms with E-state index in [0.717, 1.165) is 0 Å². The van der Waals surface area contributed by atoms with E-state index in [1.807, 2.05) is 135 Å². The summed E-state index contributed by atoms with van der Waals surface area (Å²) in [4.78, 5) is 0. The summed E-state index contributed by atoms with van der Waals surface area (Å²) in [5, 5.41) is 14.4. The molecule has 2 atom stereocenters. The Hall–Kier alpha value is -2.70. The summed E-state index contributed by atoms with van der Waals surface area (Å²) in [6.45, 7) is 3.85. The Balaban J connectivity index is 1.97. The van der Waals surface area contributed by atoms with Gasteiger partial charge in [-0.15, -0.1) is 0 Å². The number of benzene rings is 4. The highest BCUT2D eigenvalue weighted by atomic mass is 31.2. The van der Waals surface area contributed by atoms with Crippen molar-refractivity contribution in [2.75, 3.05) is 6.16 Å². The van der Waals surface area contributed by atoms with E-state index in [4.69, 9.17) is 0 Å². The van der Waals surface area contributed by atoms with E-state index < -0.39 is 26.0 Å². The van der Waals surface area contributed by atoms with Gasteiger partial charge in [0.25, 0.3) is 0 Å². The van der Waals surface area contributed by atoms with E-state index in [9.17, 15) is 5.11 Å². The number of rotatable bonds is 9. The van der Waals surface area contributed by atoms with Crippen LogP contribution < -0.4 is 21.2 Å². The summed E-state index contributed by atoms with van der Waals surface area (Å²) in [5.74, 6) is -0.166. The number of hydrogen-bond acceptors (Lipinski definition) is 3. The molecule has 3 nitrogen and oxygen atoms in total. The zero-order chi connectivity index (χ0) is 24.9. The second-order valence-electron chi connectivity index (χ2n) is 9.22. The van der Waals surface area contributed by atoms with Crippen molar-refractivity contribution in [1.82, 2.24) is 0 Å². The van der Waals surface area contributed by atoms with Crippen molar-refractivity contribution in [2.45, 2.75) is 25.6 Å². The molecule has 0 radical (unpaired) electrons. The van der Waals surface area contributed by atoms with E-state index in [-0.39, 0.29) is 12.1 Å². The Morgan fingerprint density at radius 1 is 0.571 bits per heavy atom. The lowest BCUT2D eigenvalue weighted by molar-refractivity contribution is 0.125. The lowest BCUT2D eigenvalue weighted by atomic mass is 10.1. The van der Waals surface area contributed by atoms with Gasteiger partial charge in [0.2, 0.25) is 0 Å². The molecule has 0 bridgehead atoms. The number of aliphatic hydroxyl groups is 1. The summed E-state index contributed by atoms with van der Waals surface area (Å²) >= 11 is 0. The third kappa shape index (κ3) is 5.14. The molecule has 4 aromatic carbocycles. The van der Waals surface area contributed by atoms with Crippen LogP contribution in [0.3, 0.4) is 0 Å². The Kier molecular flexibility index (Phi) is 7.92. The number of hydrogen-bond donors (Lipinski definition) is 1. The van der Waals surface area contributed by atoms with Gasteiger partial charge in [-0.05, 0) is 5.92 Å². The Morgan fingerprint density at radius 3 is 1.20 bits per heavy atom. The molecule has 1 N–H and O–H groups in total. The molecule has 5 heteroatoms. The smallest absolute Gasteiger partial charge is 0.149 e. The molecule has 4 rings (SSSR count). The maximum atomic E-state index is 15.3. The van der Waals surface area contributed by atoms with Gasteiger partial charge in [0.15, 0.2) is 0 Å². The highest BCUT2D eigenvalue weighted by Crippen LogP contribution is 2.57. The second-order valence-corrected chi connectivity index (χ2v) is 15.1. The van der Waals surface area contributed by atoms with Crippen LogP contribution in [-0.4, -0.2) is 23.0 Å². The molecule has 35 heavy (non-hydrogen) atoms. The molecular formula is C30H32O3P2. The molecular weight excluding hydrogens is 470 g/mol. The van der Waals surface area contributed by atoms with Gasteiger partial charge in [0, 0.05) is 27.4 Å². The van der Waals surface area contributed by atoms with E-state index in [1.165, 1.54) is 0 Å². The molecule has 0 unspecified atom stereocenters. The third-order valence-electron chi connectivity index (χ3n) is 6.61. The molecule has 0 aliphatic rings. The summed E-state index contributed by atoms with van der Waals surface area (Å²) < 4.78 is 30.4. The molecule has 0 aromatic heterocycles. The van der Waals surface area contributed by atoms with E-state index >= 15 is 9.13 Å². The maximum absolute atomic E-state index is 15.3. The van der Waals surface area contributed by atoms with Crippen LogP contribution in [0.1, 0.15) is 13.8 Å². The molecule has 0 spiro atoms. The van der Waals surface area contributed by atoms with Crippen LogP contribution in [0, 0.1) is 5.92 Å². The molecule has 0 aliphatic heterocycles. The molecule has 180 valence electrons. The topological polar surface area (TPSA) is 54.4 Å². The van der Waals surface area contributed by atoms with Crippen LogP contribution in [0.15, 0.2) is 121 Å². The lowest BCUT2D eigenvalue weighted by Gasteiger charge is -2.36. The van der Waals surface area contributed by atoms with Crippen molar-refractivity contribution in [3.05, 3.63) is 121 Å². The van der Waals surface area contributed by atoms with Crippen LogP contribution >= 0.6 is 14.3 Å². The highest BCUT2D eigenvalue weighted by Gasteiger charge is 2.46. The van der Waals surface area contributed by atoms with Crippen LogP contribution in [0.4, 0.5) is 0 Å². The molecule has 0 aliphatic carbocycles. The third-order valence-corrected chi connectivity index (χ3v) is 13.6. The maximum Gasteiger partial charge on any atom is 0.149 e. The first-order chi connectivity index (χ1) is 16.9. The van der Waals surface area contributed by atoms with Gasteiger partial charge in [0.1, 0.15) is 14.3 Å². The van der Waals surface area contributed by atoms with Gasteiger partial charge < -0.3 is 14.2 Å². The molecule has 0 saturated carbocycles. The van der Waals surface area contributed by atoms with Gasteiger partial charge in [-0.2, -0.15) is 0 Å². The van der Waals surface area contributed by atoms with Crippen LogP contribution in [0.2, 0.25) is 0 Å². The van der Waals surface area contributed by atoms with Crippen molar-refractivity contribution >= 4 is 35.5 Å². The first-order valence-corrected chi connectivity index (χ1v) is 15.6. The fourth-order valence-electron chi connectivity index (χ4n) is 4.67. The summed E-state index contributed by atoms with van der Waals surface area (Å²) in [7, 11) is -6.65. The van der Waals surface area contributed by atoms with Crippen LogP contribution in [0.5, 0.6) is 0 Å². The molecule has 0 amide bonds. The standard InChI is InChI=1S/C30H32O3P2/c1-24(2)30(31)29(35(33,27-19-11-5-12-20-27)28-21-13-6-14-22-28)23-34(32,25-15-7-3-8-16-25)26-17-9-4-10-18-26/h3-22,24,29-31H,23H2,1-2H3/t29-,30+/m0/s1. The van der Waals surface area contributed by atoms with Crippen LogP contribution in [0.25, 0.3) is 0 Å². The zero-order valence-electron chi connectivity index (χ0n) is 20.1. The average molecular weight is 503 g/mol. The van der Waals surface area contributed by atoms with Gasteiger partial charge >= 0.3 is 0 Å². The van der Waals surface area contributed by atoms with Gasteiger partial charge in [-0.3, -0.25) is 0 Å². The Labute approximate surface area is 208 Å². The minimum atomic E-state index is -3.40. The SMILES string of the molecule is CC(C)[C@@H](O)[C@H](CP(=O)(c1ccccc1)c1ccccc1)P(=O)(c1ccccc1)c1ccccc1. The van der Waals surface area contributed by atoms with E-state index in [2.05, 4.69) is 0 Å². The summed E-state index contributed by atoms with van der Waals surface area (Å²) in [5.41, 5.74) is -0.737. The fraction of sp³-hybridized carbons (Fsp3) is 0.200. The highest BCUT2D eigenvalue weighted by molar-refractivity contribution is 7.82. The second kappa shape index (κ2) is 10.9. The fourth-order valence-corrected chi connectivity index (χ4v) is 12.1. The monoisotopic (exact) mass is 502 g/mol. The Morgan fingerprint density at radius 2 is 0.886 bits per heavy atom. The minimum Gasteiger partial charge on any atom is -0.392 e. The first kappa shape index (κ1) is 25.4. The van der Waals surface area contributed by atoms with E-state index in [1.54, 1.807) is 0 Å². The van der Waals surface area contributed by atoms with Crippen molar-refractivity contribution in [3.63, 3.8) is 0 Å². The summed E-state index contributed by atoms with van der Waals surface area (Å²) in [6.07, 6.45) is -0.816. The largest absolute Gasteiger partial charge is 0.392 e. The number of aliphatic hydroxyl groups excluding tert-OH is 1. The molecule has 0 heterocycles. The van der Waals surface area contributed by atoms with Crippen LogP contribution in [-0.2, 0) is 9.13 Å². The van der Waals surface area contributed by atoms with E-state index in [0.29, 0.717) is 21.2 Å². The first-order valence-electron chi connectivity index (χ1n) is 12.0. The zero-order valence-corrected chi connectivity index (χ0v) is 21.9. The minimum absolute atomic E-state index is 0.0987. The quantitative estimate of drug-likeness (QED) is 0.312. The van der Waals surface area contributed by atoms with Crippen molar-refractivity contribution < 1.29 is 14.2 Å². The predicted molar refractivity (Wildman–Crippen MR) is 149 cm³/mol. The van der Waals surface area contributed by atoms with Gasteiger partial charge in [0.05, 0.1) is 11.8 Å². The Bertz CT molecular complexity index is 1220. The van der Waals surface area contributed by atoms with Crippen molar-refractivity contribution in [2.24, 2.45) is 5.92 Å². The normalized spacial score (nSPS) is 13.9.